The van der Waals surface area contributed by atoms with E-state index in [2.05, 4.69) is 55.3 Å². The van der Waals surface area contributed by atoms with Crippen LogP contribution in [0.4, 0.5) is 5.69 Å². The number of anilines is 1. The minimum Gasteiger partial charge on any atom is -0.369 e. The van der Waals surface area contributed by atoms with Gasteiger partial charge in [0, 0.05) is 30.9 Å². The van der Waals surface area contributed by atoms with Gasteiger partial charge in [0.2, 0.25) is 0 Å². The summed E-state index contributed by atoms with van der Waals surface area (Å²) in [6.45, 7) is 9.09. The Morgan fingerprint density at radius 2 is 2.00 bits per heavy atom. The molecule has 0 aromatic heterocycles. The van der Waals surface area contributed by atoms with Crippen molar-refractivity contribution < 1.29 is 0 Å². The molecule has 1 aliphatic rings. The van der Waals surface area contributed by atoms with Crippen molar-refractivity contribution in [3.8, 4) is 0 Å². The summed E-state index contributed by atoms with van der Waals surface area (Å²) in [5.41, 5.74) is 2.89. The molecule has 112 valence electrons. The smallest absolute Gasteiger partial charge is 0.0414 e. The molecule has 1 aromatic rings. The van der Waals surface area contributed by atoms with Crippen molar-refractivity contribution in [3.63, 3.8) is 0 Å². The second kappa shape index (κ2) is 7.68. The van der Waals surface area contributed by atoms with Gasteiger partial charge in [-0.1, -0.05) is 38.5 Å². The third-order valence-electron chi connectivity index (χ3n) is 4.34. The molecule has 2 nitrogen and oxygen atoms in total. The number of hydrogen-bond acceptors (Lipinski definition) is 2. The van der Waals surface area contributed by atoms with Gasteiger partial charge in [0.05, 0.1) is 0 Å². The third-order valence-corrected chi connectivity index (χ3v) is 4.34. The summed E-state index contributed by atoms with van der Waals surface area (Å²) >= 11 is 0. The lowest BCUT2D eigenvalue weighted by Gasteiger charge is -2.32. The van der Waals surface area contributed by atoms with Gasteiger partial charge in [-0.05, 0) is 44.2 Å². The molecule has 0 heterocycles. The molecule has 20 heavy (non-hydrogen) atoms. The highest BCUT2D eigenvalue weighted by molar-refractivity contribution is 5.54. The average Bonchev–Trinajstić information content (AvgIpc) is 3.30. The number of hydrogen-bond donors (Lipinski definition) is 1. The molecular formula is C18H30N2. The Hall–Kier alpha value is -1.02. The highest BCUT2D eigenvalue weighted by atomic mass is 15.2. The lowest BCUT2D eigenvalue weighted by Crippen LogP contribution is -2.34. The van der Waals surface area contributed by atoms with Gasteiger partial charge in [-0.25, -0.2) is 0 Å². The van der Waals surface area contributed by atoms with Crippen LogP contribution in [0, 0.1) is 0 Å². The van der Waals surface area contributed by atoms with Crippen LogP contribution in [0.15, 0.2) is 24.3 Å². The van der Waals surface area contributed by atoms with E-state index >= 15 is 0 Å². The average molecular weight is 274 g/mol. The van der Waals surface area contributed by atoms with Crippen LogP contribution < -0.4 is 10.2 Å². The fourth-order valence-corrected chi connectivity index (χ4v) is 2.61. The van der Waals surface area contributed by atoms with Crippen LogP contribution >= 0.6 is 0 Å². The van der Waals surface area contributed by atoms with Crippen molar-refractivity contribution in [2.75, 3.05) is 11.4 Å². The number of nitrogens with zero attached hydrogens (tertiary/aromatic N) is 1. The molecule has 1 N–H and O–H groups in total. The molecule has 1 aliphatic carbocycles. The molecule has 1 aromatic carbocycles. The molecule has 2 heteroatoms. The predicted molar refractivity (Wildman–Crippen MR) is 88.3 cm³/mol. The first-order valence-electron chi connectivity index (χ1n) is 8.34. The van der Waals surface area contributed by atoms with Crippen LogP contribution in [0.2, 0.25) is 0 Å². The van der Waals surface area contributed by atoms with Crippen LogP contribution in [0.1, 0.15) is 58.4 Å². The van der Waals surface area contributed by atoms with Crippen molar-refractivity contribution in [2.45, 2.75) is 71.5 Å². The molecule has 0 aliphatic heterocycles. The van der Waals surface area contributed by atoms with E-state index in [0.29, 0.717) is 6.04 Å². The second-order valence-corrected chi connectivity index (χ2v) is 6.09. The van der Waals surface area contributed by atoms with Gasteiger partial charge in [-0.2, -0.15) is 0 Å². The maximum absolute atomic E-state index is 3.65. The van der Waals surface area contributed by atoms with E-state index in [1.165, 1.54) is 49.9 Å². The molecular weight excluding hydrogens is 244 g/mol. The lowest BCUT2D eigenvalue weighted by atomic mass is 10.1. The van der Waals surface area contributed by atoms with Crippen LogP contribution in [-0.2, 0) is 6.54 Å². The van der Waals surface area contributed by atoms with E-state index in [4.69, 9.17) is 0 Å². The predicted octanol–water partition coefficient (Wildman–Crippen LogP) is 4.34. The van der Waals surface area contributed by atoms with Crippen LogP contribution in [0.3, 0.4) is 0 Å². The zero-order valence-electron chi connectivity index (χ0n) is 13.4. The number of rotatable bonds is 9. The van der Waals surface area contributed by atoms with Gasteiger partial charge in [0.1, 0.15) is 0 Å². The lowest BCUT2D eigenvalue weighted by molar-refractivity contribution is 0.590. The summed E-state index contributed by atoms with van der Waals surface area (Å²) in [5, 5.41) is 3.65. The maximum Gasteiger partial charge on any atom is 0.0414 e. The highest BCUT2D eigenvalue weighted by Crippen LogP contribution is 2.26. The molecule has 1 saturated carbocycles. The molecule has 0 amide bonds. The Labute approximate surface area is 124 Å². The Bertz CT molecular complexity index is 398. The van der Waals surface area contributed by atoms with Crippen LogP contribution in [-0.4, -0.2) is 18.6 Å². The topological polar surface area (TPSA) is 15.3 Å². The first-order valence-corrected chi connectivity index (χ1v) is 8.34. The van der Waals surface area contributed by atoms with E-state index in [1.54, 1.807) is 0 Å². The molecule has 0 bridgehead atoms. The first kappa shape index (κ1) is 15.4. The zero-order chi connectivity index (χ0) is 14.4. The number of nitrogens with one attached hydrogen (secondary N) is 1. The van der Waals surface area contributed by atoms with E-state index < -0.39 is 0 Å². The van der Waals surface area contributed by atoms with Crippen LogP contribution in [0.5, 0.6) is 0 Å². The van der Waals surface area contributed by atoms with Crippen molar-refractivity contribution in [2.24, 2.45) is 0 Å². The molecule has 0 spiro atoms. The van der Waals surface area contributed by atoms with E-state index in [-0.39, 0.29) is 0 Å². The molecule has 0 saturated heterocycles. The monoisotopic (exact) mass is 274 g/mol. The quantitative estimate of drug-likeness (QED) is 0.720. The van der Waals surface area contributed by atoms with Gasteiger partial charge in [-0.15, -0.1) is 0 Å². The van der Waals surface area contributed by atoms with Gasteiger partial charge in [0.15, 0.2) is 0 Å². The largest absolute Gasteiger partial charge is 0.369 e. The molecule has 0 radical (unpaired) electrons. The van der Waals surface area contributed by atoms with Crippen molar-refractivity contribution >= 4 is 5.69 Å². The summed E-state index contributed by atoms with van der Waals surface area (Å²) in [6.07, 6.45) is 6.44. The van der Waals surface area contributed by atoms with Crippen molar-refractivity contribution in [3.05, 3.63) is 29.8 Å². The SMILES string of the molecule is CCCCN(c1ccccc1CNC1CC1)C(C)CC. The Morgan fingerprint density at radius 3 is 2.65 bits per heavy atom. The molecule has 1 fully saturated rings. The number of para-hydroxylation sites is 1. The fourth-order valence-electron chi connectivity index (χ4n) is 2.61. The fraction of sp³-hybridized carbons (Fsp3) is 0.667. The zero-order valence-corrected chi connectivity index (χ0v) is 13.4. The Morgan fingerprint density at radius 1 is 1.25 bits per heavy atom. The first-order chi connectivity index (χ1) is 9.76. The summed E-state index contributed by atoms with van der Waals surface area (Å²) in [5.74, 6) is 0. The summed E-state index contributed by atoms with van der Waals surface area (Å²) < 4.78 is 0. The highest BCUT2D eigenvalue weighted by Gasteiger charge is 2.21. The minimum absolute atomic E-state index is 0.614. The van der Waals surface area contributed by atoms with Gasteiger partial charge in [-0.3, -0.25) is 0 Å². The summed E-state index contributed by atoms with van der Waals surface area (Å²) in [4.78, 5) is 2.60. The van der Waals surface area contributed by atoms with E-state index in [1.807, 2.05) is 0 Å². The minimum atomic E-state index is 0.614. The molecule has 1 unspecified atom stereocenters. The second-order valence-electron chi connectivity index (χ2n) is 6.09. The van der Waals surface area contributed by atoms with Crippen molar-refractivity contribution in [1.82, 2.24) is 5.32 Å². The Balaban J connectivity index is 2.12. The van der Waals surface area contributed by atoms with E-state index in [0.717, 1.165) is 12.6 Å². The van der Waals surface area contributed by atoms with Gasteiger partial charge >= 0.3 is 0 Å². The number of benzene rings is 1. The maximum atomic E-state index is 3.65. The molecule has 2 rings (SSSR count). The van der Waals surface area contributed by atoms with Gasteiger partial charge in [0.25, 0.3) is 0 Å². The van der Waals surface area contributed by atoms with E-state index in [9.17, 15) is 0 Å². The van der Waals surface area contributed by atoms with Crippen LogP contribution in [0.25, 0.3) is 0 Å². The molecule has 1 atom stereocenters. The Kier molecular flexibility index (Phi) is 5.90. The normalized spacial score (nSPS) is 16.1. The van der Waals surface area contributed by atoms with Gasteiger partial charge < -0.3 is 10.2 Å². The summed E-state index contributed by atoms with van der Waals surface area (Å²) in [6, 6.07) is 10.3. The van der Waals surface area contributed by atoms with Crippen molar-refractivity contribution in [1.29, 1.82) is 0 Å². The number of unbranched alkanes of at least 4 members (excludes halogenated alkanes) is 1. The standard InChI is InChI=1S/C18H30N2/c1-4-6-13-20(15(3)5-2)18-10-8-7-9-16(18)14-19-17-11-12-17/h7-10,15,17,19H,4-6,11-14H2,1-3H3. The third kappa shape index (κ3) is 4.24. The summed E-state index contributed by atoms with van der Waals surface area (Å²) in [7, 11) is 0.